The summed E-state index contributed by atoms with van der Waals surface area (Å²) in [6.45, 7) is 1.65. The van der Waals surface area contributed by atoms with Gasteiger partial charge in [-0.1, -0.05) is 12.1 Å². The van der Waals surface area contributed by atoms with E-state index in [1.165, 1.54) is 41.1 Å². The van der Waals surface area contributed by atoms with Crippen LogP contribution in [0, 0.1) is 12.7 Å². The number of pyridine rings is 1. The number of nitrogens with zero attached hydrogens (tertiary/aromatic N) is 3. The SMILES string of the molecule is Cc1nn(C2CCS(=O)(=O)C2)c2nc(-c3ccccc3F)cc(C(=O)Nc3ccc(OC(F)(F)F)cc3)c12. The van der Waals surface area contributed by atoms with Crippen LogP contribution in [0.25, 0.3) is 22.3 Å². The Morgan fingerprint density at radius 2 is 1.84 bits per heavy atom. The summed E-state index contributed by atoms with van der Waals surface area (Å²) in [7, 11) is -3.26. The average molecular weight is 549 g/mol. The molecule has 1 unspecified atom stereocenters. The molecule has 0 bridgehead atoms. The van der Waals surface area contributed by atoms with E-state index in [0.717, 1.165) is 12.1 Å². The lowest BCUT2D eigenvalue weighted by atomic mass is 10.0. The van der Waals surface area contributed by atoms with Gasteiger partial charge in [0.15, 0.2) is 15.5 Å². The maximum absolute atomic E-state index is 14.7. The fourth-order valence-electron chi connectivity index (χ4n) is 4.46. The number of hydrogen-bond donors (Lipinski definition) is 1. The minimum Gasteiger partial charge on any atom is -0.406 e. The summed E-state index contributed by atoms with van der Waals surface area (Å²) in [6, 6.07) is 11.4. The van der Waals surface area contributed by atoms with E-state index in [1.54, 1.807) is 13.0 Å². The standard InChI is InChI=1S/C25H20F4N4O4S/c1-14-22-19(24(34)30-15-6-8-17(9-7-15)37-25(27,28)29)12-21(18-4-2-3-5-20(18)26)31-23(22)33(32-14)16-10-11-38(35,36)13-16/h2-9,12,16H,10-11,13H2,1H3,(H,30,34). The van der Waals surface area contributed by atoms with Crippen molar-refractivity contribution in [3.63, 3.8) is 0 Å². The van der Waals surface area contributed by atoms with E-state index in [9.17, 15) is 30.8 Å². The molecule has 0 radical (unpaired) electrons. The topological polar surface area (TPSA) is 103 Å². The molecule has 2 aromatic heterocycles. The number of halogens is 4. The van der Waals surface area contributed by atoms with Gasteiger partial charge < -0.3 is 10.1 Å². The van der Waals surface area contributed by atoms with Gasteiger partial charge in [-0.2, -0.15) is 5.10 Å². The third kappa shape index (κ3) is 5.19. The predicted octanol–water partition coefficient (Wildman–Crippen LogP) is 5.06. The number of anilines is 1. The highest BCUT2D eigenvalue weighted by molar-refractivity contribution is 7.91. The number of alkyl halides is 3. The number of hydrogen-bond acceptors (Lipinski definition) is 6. The van der Waals surface area contributed by atoms with Crippen LogP contribution in [0.4, 0.5) is 23.2 Å². The van der Waals surface area contributed by atoms with Crippen molar-refractivity contribution in [2.45, 2.75) is 25.7 Å². The van der Waals surface area contributed by atoms with E-state index in [2.05, 4.69) is 20.1 Å². The van der Waals surface area contributed by atoms with Crippen LogP contribution in [-0.2, 0) is 9.84 Å². The number of rotatable bonds is 5. The largest absolute Gasteiger partial charge is 0.573 e. The van der Waals surface area contributed by atoms with Crippen LogP contribution < -0.4 is 10.1 Å². The Morgan fingerprint density at radius 3 is 2.47 bits per heavy atom. The highest BCUT2D eigenvalue weighted by Crippen LogP contribution is 2.33. The molecule has 13 heteroatoms. The van der Waals surface area contributed by atoms with E-state index in [-0.39, 0.29) is 39.7 Å². The Balaban J connectivity index is 1.59. The van der Waals surface area contributed by atoms with Gasteiger partial charge in [-0.15, -0.1) is 13.2 Å². The van der Waals surface area contributed by atoms with Crippen molar-refractivity contribution in [1.82, 2.24) is 14.8 Å². The number of fused-ring (bicyclic) bond motifs is 1. The summed E-state index contributed by atoms with van der Waals surface area (Å²) < 4.78 is 81.6. The number of carbonyl (C=O) groups excluding carboxylic acids is 1. The van der Waals surface area contributed by atoms with Crippen molar-refractivity contribution in [3.05, 3.63) is 71.7 Å². The van der Waals surface area contributed by atoms with Crippen molar-refractivity contribution in [3.8, 4) is 17.0 Å². The molecule has 1 aliphatic heterocycles. The molecule has 1 atom stereocenters. The van der Waals surface area contributed by atoms with Gasteiger partial charge >= 0.3 is 6.36 Å². The van der Waals surface area contributed by atoms with Gasteiger partial charge in [-0.25, -0.2) is 22.5 Å². The molecule has 1 amide bonds. The highest BCUT2D eigenvalue weighted by Gasteiger charge is 2.33. The lowest BCUT2D eigenvalue weighted by molar-refractivity contribution is -0.274. The number of carbonyl (C=O) groups is 1. The quantitative estimate of drug-likeness (QED) is 0.350. The maximum atomic E-state index is 14.7. The lowest BCUT2D eigenvalue weighted by Gasteiger charge is -2.13. The first kappa shape index (κ1) is 25.6. The zero-order valence-electron chi connectivity index (χ0n) is 19.8. The van der Waals surface area contributed by atoms with Crippen molar-refractivity contribution in [1.29, 1.82) is 0 Å². The van der Waals surface area contributed by atoms with Crippen LogP contribution >= 0.6 is 0 Å². The summed E-state index contributed by atoms with van der Waals surface area (Å²) in [5, 5.41) is 7.46. The fourth-order valence-corrected chi connectivity index (χ4v) is 6.15. The number of sulfone groups is 1. The Morgan fingerprint density at radius 1 is 1.13 bits per heavy atom. The van der Waals surface area contributed by atoms with Crippen LogP contribution in [0.1, 0.15) is 28.5 Å². The van der Waals surface area contributed by atoms with Gasteiger partial charge in [-0.3, -0.25) is 4.79 Å². The molecule has 5 rings (SSSR count). The van der Waals surface area contributed by atoms with Gasteiger partial charge in [-0.05, 0) is 55.8 Å². The molecule has 2 aromatic carbocycles. The molecule has 0 spiro atoms. The average Bonchev–Trinajstić information content (AvgIpc) is 3.37. The van der Waals surface area contributed by atoms with Crippen molar-refractivity contribution >= 4 is 32.5 Å². The van der Waals surface area contributed by atoms with E-state index >= 15 is 0 Å². The molecular weight excluding hydrogens is 528 g/mol. The molecule has 3 heterocycles. The summed E-state index contributed by atoms with van der Waals surface area (Å²) in [6.07, 6.45) is -4.54. The number of aromatic nitrogens is 3. The zero-order chi connectivity index (χ0) is 27.2. The van der Waals surface area contributed by atoms with Gasteiger partial charge in [0, 0.05) is 11.3 Å². The van der Waals surface area contributed by atoms with Crippen LogP contribution in [-0.4, -0.2) is 47.0 Å². The first-order valence-corrected chi connectivity index (χ1v) is 13.2. The minimum atomic E-state index is -4.85. The minimum absolute atomic E-state index is 0.00748. The molecule has 1 fully saturated rings. The molecule has 8 nitrogen and oxygen atoms in total. The molecule has 1 N–H and O–H groups in total. The third-order valence-electron chi connectivity index (χ3n) is 6.13. The van der Waals surface area contributed by atoms with Crippen LogP contribution in [0.5, 0.6) is 5.75 Å². The Kier molecular flexibility index (Phi) is 6.33. The van der Waals surface area contributed by atoms with E-state index in [4.69, 9.17) is 0 Å². The Hall–Kier alpha value is -4.00. The van der Waals surface area contributed by atoms with Gasteiger partial charge in [0.2, 0.25) is 0 Å². The first-order valence-electron chi connectivity index (χ1n) is 11.4. The molecule has 38 heavy (non-hydrogen) atoms. The van der Waals surface area contributed by atoms with Crippen LogP contribution in [0.15, 0.2) is 54.6 Å². The summed E-state index contributed by atoms with van der Waals surface area (Å²) in [5.41, 5.74) is 1.18. The van der Waals surface area contributed by atoms with Gasteiger partial charge in [0.25, 0.3) is 5.91 Å². The van der Waals surface area contributed by atoms with Crippen molar-refractivity contribution in [2.24, 2.45) is 0 Å². The van der Waals surface area contributed by atoms with Gasteiger partial charge in [0.05, 0.1) is 39.9 Å². The van der Waals surface area contributed by atoms with Crippen molar-refractivity contribution < 1.29 is 35.5 Å². The monoisotopic (exact) mass is 548 g/mol. The number of ether oxygens (including phenoxy) is 1. The molecule has 0 saturated carbocycles. The second-order valence-electron chi connectivity index (χ2n) is 8.85. The van der Waals surface area contributed by atoms with E-state index < -0.39 is 39.7 Å². The predicted molar refractivity (Wildman–Crippen MR) is 131 cm³/mol. The second kappa shape index (κ2) is 9.39. The normalized spacial score (nSPS) is 17.0. The summed E-state index contributed by atoms with van der Waals surface area (Å²) >= 11 is 0. The summed E-state index contributed by atoms with van der Waals surface area (Å²) in [5.74, 6) is -1.81. The second-order valence-corrected chi connectivity index (χ2v) is 11.1. The maximum Gasteiger partial charge on any atom is 0.573 e. The molecule has 1 aliphatic rings. The number of nitrogens with one attached hydrogen (secondary N) is 1. The number of aryl methyl sites for hydroxylation is 1. The number of amides is 1. The smallest absolute Gasteiger partial charge is 0.406 e. The van der Waals surface area contributed by atoms with Crippen LogP contribution in [0.2, 0.25) is 0 Å². The number of benzene rings is 2. The third-order valence-corrected chi connectivity index (χ3v) is 7.88. The van der Waals surface area contributed by atoms with E-state index in [1.807, 2.05) is 0 Å². The Bertz CT molecular complexity index is 1650. The van der Waals surface area contributed by atoms with Crippen LogP contribution in [0.3, 0.4) is 0 Å². The van der Waals surface area contributed by atoms with E-state index in [0.29, 0.717) is 17.5 Å². The fraction of sp³-hybridized carbons (Fsp3) is 0.240. The molecule has 198 valence electrons. The molecular formula is C25H20F4N4O4S. The summed E-state index contributed by atoms with van der Waals surface area (Å²) in [4.78, 5) is 18.0. The van der Waals surface area contributed by atoms with Crippen molar-refractivity contribution in [2.75, 3.05) is 16.8 Å². The molecule has 0 aliphatic carbocycles. The lowest BCUT2D eigenvalue weighted by Crippen LogP contribution is -2.17. The molecule has 4 aromatic rings. The van der Waals surface area contributed by atoms with Gasteiger partial charge in [0.1, 0.15) is 11.6 Å². The zero-order valence-corrected chi connectivity index (χ0v) is 20.6. The molecule has 1 saturated heterocycles. The Labute approximate surface area is 214 Å². The first-order chi connectivity index (χ1) is 17.9. The highest BCUT2D eigenvalue weighted by atomic mass is 32.2.